The minimum Gasteiger partial charge on any atom is -0.339 e. The number of hydrogen-bond acceptors (Lipinski definition) is 5. The van der Waals surface area contributed by atoms with Crippen molar-refractivity contribution in [2.75, 3.05) is 31.6 Å². The fourth-order valence-electron chi connectivity index (χ4n) is 3.21. The summed E-state index contributed by atoms with van der Waals surface area (Å²) >= 11 is 3.14. The van der Waals surface area contributed by atoms with Crippen molar-refractivity contribution in [1.82, 2.24) is 9.62 Å². The normalized spacial score (nSPS) is 14.3. The zero-order valence-corrected chi connectivity index (χ0v) is 18.9. The Kier molecular flexibility index (Phi) is 8.06. The molecular weight excluding hydrogens is 424 g/mol. The Morgan fingerprint density at radius 3 is 2.52 bits per heavy atom. The van der Waals surface area contributed by atoms with Crippen molar-refractivity contribution in [1.29, 1.82) is 0 Å². The molecule has 0 unspecified atom stereocenters. The molecule has 2 aromatic rings. The highest BCUT2D eigenvalue weighted by Crippen LogP contribution is 2.26. The van der Waals surface area contributed by atoms with E-state index in [0.29, 0.717) is 17.9 Å². The highest BCUT2D eigenvalue weighted by molar-refractivity contribution is 7.98. The summed E-state index contributed by atoms with van der Waals surface area (Å²) in [5.41, 5.74) is 1.69. The summed E-state index contributed by atoms with van der Waals surface area (Å²) in [6, 6.07) is 14.9. The van der Waals surface area contributed by atoms with Crippen LogP contribution in [0, 0.1) is 0 Å². The second-order valence-electron chi connectivity index (χ2n) is 6.80. The fourth-order valence-corrected chi connectivity index (χ4v) is 5.78. The zero-order valence-electron chi connectivity index (χ0n) is 16.5. The lowest BCUT2D eigenvalue weighted by Gasteiger charge is -2.18. The van der Waals surface area contributed by atoms with Crippen molar-refractivity contribution in [3.05, 3.63) is 59.7 Å². The minimum absolute atomic E-state index is 0.0812. The molecular formula is C21H26N2O3S3. The lowest BCUT2D eigenvalue weighted by atomic mass is 10.2. The molecule has 1 N–H and O–H groups in total. The van der Waals surface area contributed by atoms with Crippen LogP contribution in [0.4, 0.5) is 0 Å². The van der Waals surface area contributed by atoms with Gasteiger partial charge in [-0.25, -0.2) is 13.1 Å². The topological polar surface area (TPSA) is 66.5 Å². The number of thioether (sulfide) groups is 2. The number of sulfonamides is 1. The number of likely N-dealkylation sites (tertiary alicyclic amines) is 1. The van der Waals surface area contributed by atoms with Crippen LogP contribution >= 0.6 is 23.5 Å². The Labute approximate surface area is 181 Å². The van der Waals surface area contributed by atoms with Crippen LogP contribution in [0.1, 0.15) is 28.8 Å². The second kappa shape index (κ2) is 10.5. The first-order valence-corrected chi connectivity index (χ1v) is 13.5. The number of amides is 1. The molecule has 0 saturated carbocycles. The summed E-state index contributed by atoms with van der Waals surface area (Å²) in [7, 11) is -3.65. The summed E-state index contributed by atoms with van der Waals surface area (Å²) in [4.78, 5) is 15.6. The molecule has 3 rings (SSSR count). The van der Waals surface area contributed by atoms with Crippen LogP contribution in [-0.2, 0) is 15.8 Å². The van der Waals surface area contributed by atoms with Crippen LogP contribution in [-0.4, -0.2) is 50.9 Å². The van der Waals surface area contributed by atoms with Gasteiger partial charge in [0.05, 0.1) is 10.5 Å². The molecule has 0 radical (unpaired) electrons. The molecule has 5 nitrogen and oxygen atoms in total. The lowest BCUT2D eigenvalue weighted by molar-refractivity contribution is 0.0789. The van der Waals surface area contributed by atoms with E-state index in [1.165, 1.54) is 23.4 Å². The van der Waals surface area contributed by atoms with Gasteiger partial charge in [0.25, 0.3) is 5.91 Å². The SMILES string of the molecule is CSc1ccc(S(=O)(=O)NCCSCc2ccccc2)cc1C(=O)N1CCCC1. The molecule has 8 heteroatoms. The van der Waals surface area contributed by atoms with Crippen LogP contribution in [0.15, 0.2) is 58.3 Å². The van der Waals surface area contributed by atoms with Crippen molar-refractivity contribution in [2.24, 2.45) is 0 Å². The molecule has 29 heavy (non-hydrogen) atoms. The average molecular weight is 451 g/mol. The van der Waals surface area contributed by atoms with Gasteiger partial charge < -0.3 is 4.90 Å². The average Bonchev–Trinajstić information content (AvgIpc) is 3.28. The molecule has 1 aliphatic rings. The van der Waals surface area contributed by atoms with Crippen molar-refractivity contribution in [3.8, 4) is 0 Å². The Balaban J connectivity index is 1.61. The van der Waals surface area contributed by atoms with Crippen LogP contribution in [0.2, 0.25) is 0 Å². The molecule has 0 atom stereocenters. The minimum atomic E-state index is -3.65. The Morgan fingerprint density at radius 1 is 1.10 bits per heavy atom. The number of carbonyl (C=O) groups is 1. The monoisotopic (exact) mass is 450 g/mol. The van der Waals surface area contributed by atoms with E-state index in [4.69, 9.17) is 0 Å². The molecule has 0 bridgehead atoms. The van der Waals surface area contributed by atoms with Crippen molar-refractivity contribution < 1.29 is 13.2 Å². The van der Waals surface area contributed by atoms with E-state index in [1.54, 1.807) is 28.8 Å². The van der Waals surface area contributed by atoms with E-state index in [-0.39, 0.29) is 10.8 Å². The smallest absolute Gasteiger partial charge is 0.255 e. The molecule has 2 aromatic carbocycles. The summed E-state index contributed by atoms with van der Waals surface area (Å²) < 4.78 is 28.1. The molecule has 0 spiro atoms. The maximum atomic E-state index is 12.8. The maximum Gasteiger partial charge on any atom is 0.255 e. The highest BCUT2D eigenvalue weighted by atomic mass is 32.2. The lowest BCUT2D eigenvalue weighted by Crippen LogP contribution is -2.29. The zero-order chi connectivity index (χ0) is 20.7. The van der Waals surface area contributed by atoms with Crippen LogP contribution in [0.3, 0.4) is 0 Å². The number of nitrogens with one attached hydrogen (secondary N) is 1. The molecule has 156 valence electrons. The number of nitrogens with zero attached hydrogens (tertiary/aromatic N) is 1. The predicted octanol–water partition coefficient (Wildman–Crippen LogP) is 3.86. The van der Waals surface area contributed by atoms with E-state index < -0.39 is 10.0 Å². The van der Waals surface area contributed by atoms with Gasteiger partial charge in [-0.1, -0.05) is 30.3 Å². The molecule has 1 amide bonds. The Morgan fingerprint density at radius 2 is 1.83 bits per heavy atom. The first-order chi connectivity index (χ1) is 14.0. The molecule has 0 aliphatic carbocycles. The van der Waals surface area contributed by atoms with E-state index in [0.717, 1.165) is 36.6 Å². The standard InChI is InChI=1S/C21H26N2O3S3/c1-27-20-10-9-18(15-19(20)21(24)23-12-5-6-13-23)29(25,26)22-11-14-28-16-17-7-3-2-4-8-17/h2-4,7-10,15,22H,5-6,11-14,16H2,1H3. The number of rotatable bonds is 9. The van der Waals surface area contributed by atoms with Gasteiger partial charge in [-0.05, 0) is 42.9 Å². The molecule has 1 fully saturated rings. The quantitative estimate of drug-likeness (QED) is 0.464. The van der Waals surface area contributed by atoms with Crippen molar-refractivity contribution >= 4 is 39.5 Å². The van der Waals surface area contributed by atoms with Crippen molar-refractivity contribution in [2.45, 2.75) is 28.4 Å². The largest absolute Gasteiger partial charge is 0.339 e. The van der Waals surface area contributed by atoms with Gasteiger partial charge in [-0.2, -0.15) is 11.8 Å². The summed E-state index contributed by atoms with van der Waals surface area (Å²) in [6.45, 7) is 1.82. The van der Waals surface area contributed by atoms with E-state index in [9.17, 15) is 13.2 Å². The molecule has 1 heterocycles. The van der Waals surface area contributed by atoms with Gasteiger partial charge in [0.15, 0.2) is 0 Å². The number of benzene rings is 2. The maximum absolute atomic E-state index is 12.8. The summed E-state index contributed by atoms with van der Waals surface area (Å²) in [5.74, 6) is 1.44. The number of hydrogen-bond donors (Lipinski definition) is 1. The number of carbonyl (C=O) groups excluding carboxylic acids is 1. The van der Waals surface area contributed by atoms with Gasteiger partial charge in [0.2, 0.25) is 10.0 Å². The molecule has 1 aliphatic heterocycles. The van der Waals surface area contributed by atoms with Gasteiger partial charge in [0, 0.05) is 36.0 Å². The summed E-state index contributed by atoms with van der Waals surface area (Å²) in [5, 5.41) is 0. The third-order valence-electron chi connectivity index (χ3n) is 4.75. The molecule has 1 saturated heterocycles. The van der Waals surface area contributed by atoms with Gasteiger partial charge in [-0.15, -0.1) is 11.8 Å². The third-order valence-corrected chi connectivity index (χ3v) is 8.04. The van der Waals surface area contributed by atoms with E-state index in [2.05, 4.69) is 16.9 Å². The van der Waals surface area contributed by atoms with E-state index in [1.807, 2.05) is 24.5 Å². The predicted molar refractivity (Wildman–Crippen MR) is 121 cm³/mol. The second-order valence-corrected chi connectivity index (χ2v) is 10.5. The van der Waals surface area contributed by atoms with Gasteiger partial charge >= 0.3 is 0 Å². The fraction of sp³-hybridized carbons (Fsp3) is 0.381. The van der Waals surface area contributed by atoms with Gasteiger partial charge in [0.1, 0.15) is 0 Å². The Hall–Kier alpha value is -1.48. The Bertz CT molecular complexity index is 927. The van der Waals surface area contributed by atoms with Gasteiger partial charge in [-0.3, -0.25) is 4.79 Å². The van der Waals surface area contributed by atoms with E-state index >= 15 is 0 Å². The third kappa shape index (κ3) is 6.01. The summed E-state index contributed by atoms with van der Waals surface area (Å²) in [6.07, 6.45) is 3.90. The van der Waals surface area contributed by atoms with Crippen LogP contribution in [0.25, 0.3) is 0 Å². The van der Waals surface area contributed by atoms with Crippen molar-refractivity contribution in [3.63, 3.8) is 0 Å². The van der Waals surface area contributed by atoms with Crippen LogP contribution in [0.5, 0.6) is 0 Å². The molecule has 0 aromatic heterocycles. The first kappa shape index (κ1) is 22.2. The highest BCUT2D eigenvalue weighted by Gasteiger charge is 2.24. The van der Waals surface area contributed by atoms with Crippen LogP contribution < -0.4 is 4.72 Å². The first-order valence-electron chi connectivity index (χ1n) is 9.60.